The van der Waals surface area contributed by atoms with Crippen LogP contribution in [0, 0.1) is 0 Å². The van der Waals surface area contributed by atoms with E-state index >= 15 is 0 Å². The van der Waals surface area contributed by atoms with Crippen molar-refractivity contribution in [2.24, 2.45) is 5.73 Å². The molecule has 0 aliphatic rings. The van der Waals surface area contributed by atoms with E-state index in [1.807, 2.05) is 0 Å². The van der Waals surface area contributed by atoms with Gasteiger partial charge < -0.3 is 5.73 Å². The first-order chi connectivity index (χ1) is 8.91. The Hall–Kier alpha value is -1.52. The smallest absolute Gasteiger partial charge is 0.326 e. The van der Waals surface area contributed by atoms with Crippen LogP contribution in [-0.2, 0) is 12.7 Å². The van der Waals surface area contributed by atoms with Crippen LogP contribution in [0.4, 0.5) is 13.2 Å². The molecule has 2 rings (SSSR count). The van der Waals surface area contributed by atoms with Crippen LogP contribution >= 0.6 is 11.6 Å². The van der Waals surface area contributed by atoms with Gasteiger partial charge in [-0.3, -0.25) is 0 Å². The van der Waals surface area contributed by atoms with Crippen molar-refractivity contribution in [1.82, 2.24) is 0 Å². The Balaban J connectivity index is 2.37. The first-order valence-electron chi connectivity index (χ1n) is 5.58. The molecule has 0 fully saturated rings. The lowest BCUT2D eigenvalue weighted by Gasteiger charge is -2.09. The minimum absolute atomic E-state index is 0.285. The van der Waals surface area contributed by atoms with Crippen LogP contribution in [0.3, 0.4) is 0 Å². The number of rotatable bonds is 2. The van der Waals surface area contributed by atoms with Gasteiger partial charge in [0.15, 0.2) is 0 Å². The number of hydrogen-bond donors (Lipinski definition) is 1. The Bertz CT molecular complexity index is 576. The predicted molar refractivity (Wildman–Crippen MR) is 69.8 cm³/mol. The van der Waals surface area contributed by atoms with Crippen LogP contribution in [0.25, 0.3) is 11.1 Å². The van der Waals surface area contributed by atoms with E-state index in [4.69, 9.17) is 17.3 Å². The van der Waals surface area contributed by atoms with Gasteiger partial charge in [0.05, 0.1) is 5.56 Å². The molecule has 0 amide bonds. The van der Waals surface area contributed by atoms with E-state index in [2.05, 4.69) is 0 Å². The molecule has 0 spiro atoms. The number of alkyl halides is 3. The molecule has 2 N–H and O–H groups in total. The Morgan fingerprint density at radius 2 is 1.53 bits per heavy atom. The van der Waals surface area contributed by atoms with Crippen LogP contribution in [0.15, 0.2) is 42.5 Å². The van der Waals surface area contributed by atoms with Crippen molar-refractivity contribution in [2.75, 3.05) is 0 Å². The summed E-state index contributed by atoms with van der Waals surface area (Å²) in [6, 6.07) is 10.2. The summed E-state index contributed by atoms with van der Waals surface area (Å²) in [6.45, 7) is 0.285. The van der Waals surface area contributed by atoms with Crippen LogP contribution in [0.5, 0.6) is 0 Å². The number of halogens is 4. The molecule has 19 heavy (non-hydrogen) atoms. The fourth-order valence-corrected chi connectivity index (χ4v) is 1.96. The molecule has 0 aliphatic heterocycles. The molecule has 1 nitrogen and oxygen atoms in total. The van der Waals surface area contributed by atoms with Crippen LogP contribution in [-0.4, -0.2) is 0 Å². The Morgan fingerprint density at radius 1 is 0.947 bits per heavy atom. The zero-order valence-electron chi connectivity index (χ0n) is 9.84. The maximum absolute atomic E-state index is 12.5. The minimum Gasteiger partial charge on any atom is -0.326 e. The van der Waals surface area contributed by atoms with Crippen LogP contribution in [0.1, 0.15) is 11.1 Å². The molecule has 2 aromatic rings. The van der Waals surface area contributed by atoms with Gasteiger partial charge in [0.25, 0.3) is 0 Å². The van der Waals surface area contributed by atoms with E-state index in [1.165, 1.54) is 12.1 Å². The molecule has 0 saturated carbocycles. The molecule has 0 aliphatic carbocycles. The lowest BCUT2D eigenvalue weighted by molar-refractivity contribution is -0.137. The third kappa shape index (κ3) is 3.08. The minimum atomic E-state index is -4.32. The second-order valence-corrected chi connectivity index (χ2v) is 4.49. The standard InChI is InChI=1S/C14H11ClF3N/c15-13-6-3-10(7-11(13)8-19)9-1-4-12(5-2-9)14(16,17)18/h1-7H,8,19H2. The average Bonchev–Trinajstić information content (AvgIpc) is 2.38. The molecule has 5 heteroatoms. The van der Waals surface area contributed by atoms with Crippen molar-refractivity contribution >= 4 is 11.6 Å². The SMILES string of the molecule is NCc1cc(-c2ccc(C(F)(F)F)cc2)ccc1Cl. The maximum Gasteiger partial charge on any atom is 0.416 e. The van der Waals surface area contributed by atoms with Crippen molar-refractivity contribution in [3.63, 3.8) is 0 Å². The van der Waals surface area contributed by atoms with Gasteiger partial charge in [-0.05, 0) is 41.0 Å². The lowest BCUT2D eigenvalue weighted by Crippen LogP contribution is -2.04. The molecule has 0 aromatic heterocycles. The molecule has 0 saturated heterocycles. The first kappa shape index (κ1) is 13.9. The van der Waals surface area contributed by atoms with Gasteiger partial charge in [-0.1, -0.05) is 29.8 Å². The largest absolute Gasteiger partial charge is 0.416 e. The maximum atomic E-state index is 12.5. The summed E-state index contributed by atoms with van der Waals surface area (Å²) in [6.07, 6.45) is -4.32. The topological polar surface area (TPSA) is 26.0 Å². The average molecular weight is 286 g/mol. The van der Waals surface area contributed by atoms with E-state index in [9.17, 15) is 13.2 Å². The molecular weight excluding hydrogens is 275 g/mol. The third-order valence-electron chi connectivity index (χ3n) is 2.81. The highest BCUT2D eigenvalue weighted by Crippen LogP contribution is 2.31. The monoisotopic (exact) mass is 285 g/mol. The number of nitrogens with two attached hydrogens (primary N) is 1. The molecule has 100 valence electrons. The number of benzene rings is 2. The first-order valence-corrected chi connectivity index (χ1v) is 5.96. The fraction of sp³-hybridized carbons (Fsp3) is 0.143. The van der Waals surface area contributed by atoms with Gasteiger partial charge in [-0.2, -0.15) is 13.2 Å². The number of hydrogen-bond acceptors (Lipinski definition) is 1. The summed E-state index contributed by atoms with van der Waals surface area (Å²) in [5.41, 5.74) is 7.13. The van der Waals surface area contributed by atoms with Gasteiger partial charge in [-0.25, -0.2) is 0 Å². The summed E-state index contributed by atoms with van der Waals surface area (Å²) in [5, 5.41) is 0.554. The van der Waals surface area contributed by atoms with Gasteiger partial charge in [0.1, 0.15) is 0 Å². The van der Waals surface area contributed by atoms with E-state index in [0.717, 1.165) is 23.3 Å². The summed E-state index contributed by atoms with van der Waals surface area (Å²) in [7, 11) is 0. The van der Waals surface area contributed by atoms with Crippen molar-refractivity contribution in [2.45, 2.75) is 12.7 Å². The van der Waals surface area contributed by atoms with Crippen molar-refractivity contribution < 1.29 is 13.2 Å². The Morgan fingerprint density at radius 3 is 2.05 bits per heavy atom. The highest BCUT2D eigenvalue weighted by atomic mass is 35.5. The van der Waals surface area contributed by atoms with Gasteiger partial charge in [0.2, 0.25) is 0 Å². The molecular formula is C14H11ClF3N. The Labute approximate surface area is 113 Å². The van der Waals surface area contributed by atoms with E-state index in [-0.39, 0.29) is 6.54 Å². The summed E-state index contributed by atoms with van der Waals surface area (Å²) in [4.78, 5) is 0. The summed E-state index contributed by atoms with van der Waals surface area (Å²) < 4.78 is 37.4. The van der Waals surface area contributed by atoms with E-state index in [0.29, 0.717) is 10.6 Å². The molecule has 2 aromatic carbocycles. The lowest BCUT2D eigenvalue weighted by atomic mass is 10.0. The van der Waals surface area contributed by atoms with E-state index < -0.39 is 11.7 Å². The highest BCUT2D eigenvalue weighted by Gasteiger charge is 2.29. The van der Waals surface area contributed by atoms with E-state index in [1.54, 1.807) is 18.2 Å². The Kier molecular flexibility index (Phi) is 3.83. The van der Waals surface area contributed by atoms with Crippen molar-refractivity contribution in [3.8, 4) is 11.1 Å². The third-order valence-corrected chi connectivity index (χ3v) is 3.18. The second kappa shape index (κ2) is 5.23. The van der Waals surface area contributed by atoms with Crippen LogP contribution < -0.4 is 5.73 Å². The van der Waals surface area contributed by atoms with Crippen LogP contribution in [0.2, 0.25) is 5.02 Å². The van der Waals surface area contributed by atoms with Crippen molar-refractivity contribution in [1.29, 1.82) is 0 Å². The van der Waals surface area contributed by atoms with Gasteiger partial charge in [-0.15, -0.1) is 0 Å². The fourth-order valence-electron chi connectivity index (χ4n) is 1.76. The molecule has 0 heterocycles. The quantitative estimate of drug-likeness (QED) is 0.865. The van der Waals surface area contributed by atoms with Gasteiger partial charge >= 0.3 is 6.18 Å². The summed E-state index contributed by atoms with van der Waals surface area (Å²) >= 11 is 5.94. The summed E-state index contributed by atoms with van der Waals surface area (Å²) in [5.74, 6) is 0. The zero-order valence-corrected chi connectivity index (χ0v) is 10.6. The van der Waals surface area contributed by atoms with Gasteiger partial charge in [0, 0.05) is 11.6 Å². The second-order valence-electron chi connectivity index (χ2n) is 4.09. The van der Waals surface area contributed by atoms with Crippen molar-refractivity contribution in [3.05, 3.63) is 58.6 Å². The highest BCUT2D eigenvalue weighted by molar-refractivity contribution is 6.31. The molecule has 0 atom stereocenters. The normalized spacial score (nSPS) is 11.6. The molecule has 0 bridgehead atoms. The molecule has 0 unspecified atom stereocenters. The zero-order chi connectivity index (χ0) is 14.0. The predicted octanol–water partition coefficient (Wildman–Crippen LogP) is 4.48. The molecule has 0 radical (unpaired) electrons.